The van der Waals surface area contributed by atoms with Crippen molar-refractivity contribution in [2.24, 2.45) is 0 Å². The average molecular weight is 1120 g/mol. The second-order valence-corrected chi connectivity index (χ2v) is 19.1. The molecular formula is C66H117N7O7. The number of fused-ring (bicyclic) bond motifs is 3. The number of carbonyl (C=O) groups is 6. The summed E-state index contributed by atoms with van der Waals surface area (Å²) in [6.45, 7) is 54.0. The van der Waals surface area contributed by atoms with Crippen molar-refractivity contribution in [2.45, 2.75) is 242 Å². The average Bonchev–Trinajstić information content (AvgIpc) is 4.32. The van der Waals surface area contributed by atoms with Crippen LogP contribution in [0.5, 0.6) is 0 Å². The molecule has 6 aliphatic heterocycles. The molecule has 0 bridgehead atoms. The number of benzene rings is 3. The quantitative estimate of drug-likeness (QED) is 0.259. The van der Waals surface area contributed by atoms with Gasteiger partial charge in [0.25, 0.3) is 11.8 Å². The van der Waals surface area contributed by atoms with Crippen molar-refractivity contribution in [1.82, 2.24) is 29.8 Å². The summed E-state index contributed by atoms with van der Waals surface area (Å²) in [5.41, 5.74) is 6.34. The van der Waals surface area contributed by atoms with Gasteiger partial charge in [0, 0.05) is 92.2 Å². The topological polar surface area (TPSA) is 143 Å². The molecule has 14 nitrogen and oxygen atoms in total. The number of likely N-dealkylation sites (tertiary alicyclic amines) is 1. The molecule has 14 heteroatoms. The lowest BCUT2D eigenvalue weighted by Crippen LogP contribution is -2.41. The van der Waals surface area contributed by atoms with E-state index in [9.17, 15) is 28.8 Å². The van der Waals surface area contributed by atoms with Crippen LogP contribution in [0, 0.1) is 0 Å². The van der Waals surface area contributed by atoms with Crippen LogP contribution in [-0.4, -0.2) is 136 Å². The zero-order valence-electron chi connectivity index (χ0n) is 54.2. The van der Waals surface area contributed by atoms with Crippen LogP contribution in [0.3, 0.4) is 0 Å². The molecule has 0 unspecified atom stereocenters. The molecule has 9 rings (SSSR count). The van der Waals surface area contributed by atoms with E-state index in [-0.39, 0.29) is 49.4 Å². The number of amides is 7. The number of cyclic esters (lactones) is 1. The number of rotatable bonds is 6. The molecule has 80 heavy (non-hydrogen) atoms. The standard InChI is InChI=1S/C12H15NO.2C11H13NO.C7H13NO.C6H12N2O.C6H11NO2.6C2H6.CH4/c1-9(2)13-8-7-10-5-3-4-6-11(10)12(13)14;1-8(2)12-7-9-5-3-4-6-10(9)11(12)13;1-8(2)12-10-6-4-3-5-9(10)7-11(12)13;1-6(2)8-5-3-4-7(8)9;1-5(2)8-4-3-7-6(8)9;1-5(2)7-3-4-9-6(7)8;6*1-2;/h3-6,9H,7-8H2,1-2H3;2*3-6,8H,7H2,1-2H3;6H,3-5H2,1-2H3;5H,3-4H2,1-2H3,(H,7,9);5H,3-4H2,1-2H3;6*1-2H3;1H4. The summed E-state index contributed by atoms with van der Waals surface area (Å²) in [6.07, 6.45) is 3.19. The SMILES string of the molecule is C.CC.CC.CC.CC.CC.CC.CC(C)N1C(=O)Cc2ccccc21.CC(C)N1CCCC1=O.CC(C)N1CCNC1=O.CC(C)N1CCOC1=O.CC(C)N1CCc2ccccc2C1=O.CC(C)N1Cc2ccccc2C1=O. The minimum atomic E-state index is -0.176. The predicted octanol–water partition coefficient (Wildman–Crippen LogP) is 15.2. The van der Waals surface area contributed by atoms with Crippen molar-refractivity contribution in [1.29, 1.82) is 0 Å². The van der Waals surface area contributed by atoms with Crippen molar-refractivity contribution in [3.63, 3.8) is 0 Å². The number of urea groups is 1. The molecular weight excluding hydrogens is 1000 g/mol. The number of nitrogens with one attached hydrogen (secondary N) is 1. The lowest BCUT2D eigenvalue weighted by atomic mass is 9.98. The van der Waals surface area contributed by atoms with Gasteiger partial charge < -0.3 is 39.5 Å². The molecule has 0 atom stereocenters. The molecule has 6 aliphatic rings. The highest BCUT2D eigenvalue weighted by molar-refractivity contribution is 6.02. The summed E-state index contributed by atoms with van der Waals surface area (Å²) < 4.78 is 4.71. The van der Waals surface area contributed by atoms with Crippen LogP contribution in [0.15, 0.2) is 72.8 Å². The summed E-state index contributed by atoms with van der Waals surface area (Å²) in [4.78, 5) is 79.0. The van der Waals surface area contributed by atoms with Gasteiger partial charge in [0.15, 0.2) is 0 Å². The first kappa shape index (κ1) is 80.6. The van der Waals surface area contributed by atoms with Crippen LogP contribution >= 0.6 is 0 Å². The summed E-state index contributed by atoms with van der Waals surface area (Å²) in [5.74, 6) is 0.897. The largest absolute Gasteiger partial charge is 0.448 e. The van der Waals surface area contributed by atoms with Gasteiger partial charge in [0.1, 0.15) is 6.61 Å². The van der Waals surface area contributed by atoms with Crippen LogP contribution in [0.2, 0.25) is 0 Å². The minimum absolute atomic E-state index is 0. The predicted molar refractivity (Wildman–Crippen MR) is 340 cm³/mol. The van der Waals surface area contributed by atoms with Crippen molar-refractivity contribution in [2.75, 3.05) is 44.2 Å². The lowest BCUT2D eigenvalue weighted by Gasteiger charge is -2.31. The number of hydrogen-bond donors (Lipinski definition) is 1. The van der Waals surface area contributed by atoms with Gasteiger partial charge in [-0.25, -0.2) is 9.59 Å². The molecule has 3 saturated heterocycles. The zero-order chi connectivity index (χ0) is 61.5. The molecule has 0 spiro atoms. The highest BCUT2D eigenvalue weighted by Gasteiger charge is 2.30. The van der Waals surface area contributed by atoms with Gasteiger partial charge in [-0.05, 0) is 131 Å². The first-order valence-corrected chi connectivity index (χ1v) is 30.2. The molecule has 0 aliphatic carbocycles. The van der Waals surface area contributed by atoms with Crippen molar-refractivity contribution in [3.05, 3.63) is 101 Å². The smallest absolute Gasteiger partial charge is 0.410 e. The summed E-state index contributed by atoms with van der Waals surface area (Å²) in [6, 6.07) is 25.7. The molecule has 458 valence electrons. The lowest BCUT2D eigenvalue weighted by molar-refractivity contribution is -0.129. The molecule has 7 amide bonds. The molecule has 0 aromatic heterocycles. The molecule has 0 saturated carbocycles. The minimum Gasteiger partial charge on any atom is -0.448 e. The van der Waals surface area contributed by atoms with E-state index in [4.69, 9.17) is 4.74 Å². The normalized spacial score (nSPS) is 14.7. The van der Waals surface area contributed by atoms with Gasteiger partial charge in [-0.1, -0.05) is 145 Å². The Morgan fingerprint density at radius 2 is 0.863 bits per heavy atom. The highest BCUT2D eigenvalue weighted by Crippen LogP contribution is 2.30. The van der Waals surface area contributed by atoms with Crippen LogP contribution in [-0.2, 0) is 33.7 Å². The Morgan fingerprint density at radius 3 is 1.23 bits per heavy atom. The number of hydrogen-bond acceptors (Lipinski definition) is 7. The van der Waals surface area contributed by atoms with Crippen LogP contribution < -0.4 is 10.2 Å². The van der Waals surface area contributed by atoms with Gasteiger partial charge >= 0.3 is 12.1 Å². The number of ether oxygens (including phenoxy) is 1. The van der Waals surface area contributed by atoms with E-state index in [1.807, 2.05) is 236 Å². The van der Waals surface area contributed by atoms with Crippen molar-refractivity contribution < 1.29 is 33.5 Å². The van der Waals surface area contributed by atoms with Crippen LogP contribution in [0.1, 0.15) is 224 Å². The van der Waals surface area contributed by atoms with E-state index in [1.165, 1.54) is 5.56 Å². The molecule has 3 fully saturated rings. The Kier molecular flexibility index (Phi) is 46.1. The maximum atomic E-state index is 12.0. The third kappa shape index (κ3) is 26.1. The Balaban J connectivity index is -0.000000419. The maximum absolute atomic E-state index is 12.0. The van der Waals surface area contributed by atoms with E-state index >= 15 is 0 Å². The first-order chi connectivity index (χ1) is 37.7. The highest BCUT2D eigenvalue weighted by atomic mass is 16.6. The monoisotopic (exact) mass is 1120 g/mol. The van der Waals surface area contributed by atoms with Crippen molar-refractivity contribution >= 4 is 41.4 Å². The van der Waals surface area contributed by atoms with Crippen LogP contribution in [0.4, 0.5) is 15.3 Å². The summed E-state index contributed by atoms with van der Waals surface area (Å²) >= 11 is 0. The fraction of sp³-hybridized carbons (Fsp3) is 0.636. The Morgan fingerprint density at radius 1 is 0.425 bits per heavy atom. The van der Waals surface area contributed by atoms with Gasteiger partial charge in [0.05, 0.1) is 13.0 Å². The summed E-state index contributed by atoms with van der Waals surface area (Å²) in [7, 11) is 0. The third-order valence-electron chi connectivity index (χ3n) is 12.3. The molecule has 6 heterocycles. The van der Waals surface area contributed by atoms with E-state index < -0.39 is 0 Å². The van der Waals surface area contributed by atoms with Crippen LogP contribution in [0.25, 0.3) is 0 Å². The van der Waals surface area contributed by atoms with E-state index in [1.54, 1.807) is 4.90 Å². The first-order valence-electron chi connectivity index (χ1n) is 30.2. The second-order valence-electron chi connectivity index (χ2n) is 19.1. The number of carbonyl (C=O) groups excluding carboxylic acids is 6. The molecule has 0 radical (unpaired) electrons. The second kappa shape index (κ2) is 45.8. The van der Waals surface area contributed by atoms with Crippen molar-refractivity contribution in [3.8, 4) is 0 Å². The van der Waals surface area contributed by atoms with Gasteiger partial charge in [0.2, 0.25) is 11.8 Å². The summed E-state index contributed by atoms with van der Waals surface area (Å²) in [5, 5.41) is 2.74. The van der Waals surface area contributed by atoms with Gasteiger partial charge in [-0.3, -0.25) is 19.2 Å². The third-order valence-corrected chi connectivity index (χ3v) is 12.3. The molecule has 3 aromatic rings. The Bertz CT molecular complexity index is 2080. The Labute approximate surface area is 489 Å². The fourth-order valence-electron chi connectivity index (χ4n) is 8.54. The van der Waals surface area contributed by atoms with E-state index in [0.29, 0.717) is 43.1 Å². The Hall–Kier alpha value is -5.92. The number of nitrogens with zero attached hydrogens (tertiary/aromatic N) is 6. The maximum Gasteiger partial charge on any atom is 0.410 e. The zero-order valence-corrected chi connectivity index (χ0v) is 54.2. The fourth-order valence-corrected chi connectivity index (χ4v) is 8.54. The molecule has 1 N–H and O–H groups in total. The van der Waals surface area contributed by atoms with Gasteiger partial charge in [-0.2, -0.15) is 0 Å². The number of para-hydroxylation sites is 1. The number of anilines is 1. The van der Waals surface area contributed by atoms with Gasteiger partial charge in [-0.15, -0.1) is 0 Å². The van der Waals surface area contributed by atoms with E-state index in [2.05, 4.69) is 33.0 Å². The van der Waals surface area contributed by atoms with E-state index in [0.717, 1.165) is 86.5 Å². The molecule has 3 aromatic carbocycles.